The highest BCUT2D eigenvalue weighted by Crippen LogP contribution is 2.63. The topological polar surface area (TPSA) is 55.8 Å². The number of halogens is 2. The van der Waals surface area contributed by atoms with Gasteiger partial charge in [-0.1, -0.05) is 114 Å². The number of ether oxygens (including phenoxy) is 2. The van der Waals surface area contributed by atoms with E-state index in [1.54, 1.807) is 5.57 Å². The van der Waals surface area contributed by atoms with Crippen LogP contribution in [0.2, 0.25) is 0 Å². The first-order chi connectivity index (χ1) is 30.8. The van der Waals surface area contributed by atoms with Crippen molar-refractivity contribution in [1.82, 2.24) is 0 Å². The monoisotopic (exact) mass is 910 g/mol. The molecule has 4 aliphatic rings. The average Bonchev–Trinajstić information content (AvgIpc) is 3.73. The molecule has 1 aromatic rings. The standard InChI is InChI=1S/C56H89Cl2NO4/c1-4-5-6-7-8-9-10-11-12-13-14-15-16-17-18-19-24-55(61)63-48-36-37-56(3)46(43-48)28-31-52-51-33-32-49(50(51)34-35-53(52)56)44(2)22-21-42-62-54(60)25-20-23-45-26-29-47(30-27-45)59(40-38-57)41-39-58/h11-12,26-30,44,48-53H,4-10,13-25,31-43H2,1-3H3/b12-11-/t44?,48-,49+,50?,51+,52-,53-,56-/m0/s1. The molecule has 3 fully saturated rings. The summed E-state index contributed by atoms with van der Waals surface area (Å²) in [6.45, 7) is 9.42. The van der Waals surface area contributed by atoms with Crippen LogP contribution in [-0.2, 0) is 25.5 Å². The number of fused-ring (bicyclic) bond motifs is 5. The van der Waals surface area contributed by atoms with E-state index in [-0.39, 0.29) is 23.5 Å². The molecule has 63 heavy (non-hydrogen) atoms. The van der Waals surface area contributed by atoms with Crippen molar-refractivity contribution in [3.63, 3.8) is 0 Å². The van der Waals surface area contributed by atoms with Gasteiger partial charge in [-0.25, -0.2) is 0 Å². The van der Waals surface area contributed by atoms with Crippen molar-refractivity contribution < 1.29 is 19.1 Å². The smallest absolute Gasteiger partial charge is 0.306 e. The summed E-state index contributed by atoms with van der Waals surface area (Å²) in [7, 11) is 0. The van der Waals surface area contributed by atoms with Crippen LogP contribution >= 0.6 is 23.2 Å². The predicted molar refractivity (Wildman–Crippen MR) is 267 cm³/mol. The molecule has 2 unspecified atom stereocenters. The van der Waals surface area contributed by atoms with Crippen LogP contribution < -0.4 is 4.90 Å². The largest absolute Gasteiger partial charge is 0.466 e. The van der Waals surface area contributed by atoms with Gasteiger partial charge in [0.15, 0.2) is 0 Å². The van der Waals surface area contributed by atoms with Crippen molar-refractivity contribution in [2.75, 3.05) is 36.4 Å². The number of carbonyl (C=O) groups is 2. The van der Waals surface area contributed by atoms with Crippen molar-refractivity contribution in [2.24, 2.45) is 40.9 Å². The summed E-state index contributed by atoms with van der Waals surface area (Å²) in [6, 6.07) is 8.55. The van der Waals surface area contributed by atoms with E-state index in [4.69, 9.17) is 32.7 Å². The fourth-order valence-corrected chi connectivity index (χ4v) is 13.1. The summed E-state index contributed by atoms with van der Waals surface area (Å²) in [5, 5.41) is 0. The number of hydrogen-bond donors (Lipinski definition) is 0. The Morgan fingerprint density at radius 2 is 1.41 bits per heavy atom. The molecule has 0 spiro atoms. The molecule has 5 rings (SSSR count). The zero-order valence-electron chi connectivity index (χ0n) is 40.3. The van der Waals surface area contributed by atoms with E-state index in [1.165, 1.54) is 121 Å². The van der Waals surface area contributed by atoms with Gasteiger partial charge in [0, 0.05) is 49.8 Å². The molecule has 0 radical (unpaired) electrons. The van der Waals surface area contributed by atoms with Crippen LogP contribution in [0, 0.1) is 40.9 Å². The number of anilines is 1. The maximum atomic E-state index is 12.9. The Labute approximate surface area is 395 Å². The van der Waals surface area contributed by atoms with Gasteiger partial charge < -0.3 is 14.4 Å². The first-order valence-electron chi connectivity index (χ1n) is 26.4. The molecule has 0 bridgehead atoms. The van der Waals surface area contributed by atoms with E-state index in [2.05, 4.69) is 68.2 Å². The van der Waals surface area contributed by atoms with Gasteiger partial charge in [-0.15, -0.1) is 23.2 Å². The highest BCUT2D eigenvalue weighted by atomic mass is 35.5. The van der Waals surface area contributed by atoms with Crippen molar-refractivity contribution in [2.45, 2.75) is 207 Å². The number of carbonyl (C=O) groups excluding carboxylic acids is 2. The number of rotatable bonds is 31. The quantitative estimate of drug-likeness (QED) is 0.0321. The Morgan fingerprint density at radius 3 is 2.11 bits per heavy atom. The highest BCUT2D eigenvalue weighted by Gasteiger charge is 2.54. The number of hydrogen-bond acceptors (Lipinski definition) is 5. The lowest BCUT2D eigenvalue weighted by atomic mass is 9.50. The minimum Gasteiger partial charge on any atom is -0.466 e. The lowest BCUT2D eigenvalue weighted by Crippen LogP contribution is -2.48. The van der Waals surface area contributed by atoms with E-state index in [0.717, 1.165) is 99.7 Å². The molecule has 4 aliphatic carbocycles. The number of unbranched alkanes of at least 4 members (excludes halogenated alkanes) is 12. The van der Waals surface area contributed by atoms with Crippen molar-refractivity contribution in [3.8, 4) is 0 Å². The molecule has 0 aliphatic heterocycles. The molecule has 7 heteroatoms. The van der Waals surface area contributed by atoms with Crippen molar-refractivity contribution in [3.05, 3.63) is 53.6 Å². The molecule has 0 aromatic heterocycles. The van der Waals surface area contributed by atoms with Crippen molar-refractivity contribution >= 4 is 40.8 Å². The number of esters is 2. The molecular weight excluding hydrogens is 822 g/mol. The normalized spacial score (nSPS) is 25.8. The Morgan fingerprint density at radius 1 is 0.762 bits per heavy atom. The summed E-state index contributed by atoms with van der Waals surface area (Å²) in [4.78, 5) is 27.7. The van der Waals surface area contributed by atoms with Gasteiger partial charge in [0.25, 0.3) is 0 Å². The molecule has 3 saturated carbocycles. The van der Waals surface area contributed by atoms with E-state index >= 15 is 0 Å². The SMILES string of the molecule is CCCCCCCC/C=C\CCCCCCCCC(=O)O[C@H]1CC[C@@]2(C)C(=CC[C@H]3[C@@H]4CC[C@H](C(C)CCCOC(=O)CCCc5ccc(N(CCCl)CCCl)cc5)C4CC[C@@H]32)C1. The molecule has 1 aromatic carbocycles. The second-order valence-corrected chi connectivity index (χ2v) is 21.3. The zero-order valence-corrected chi connectivity index (χ0v) is 41.8. The Bertz CT molecular complexity index is 1500. The second-order valence-electron chi connectivity index (χ2n) is 20.6. The predicted octanol–water partition coefficient (Wildman–Crippen LogP) is 15.8. The molecule has 5 nitrogen and oxygen atoms in total. The fourth-order valence-electron chi connectivity index (χ4n) is 12.7. The van der Waals surface area contributed by atoms with Gasteiger partial charge in [-0.2, -0.15) is 0 Å². The van der Waals surface area contributed by atoms with Crippen LogP contribution in [0.15, 0.2) is 48.1 Å². The summed E-state index contributed by atoms with van der Waals surface area (Å²) in [5.41, 5.74) is 4.25. The number of allylic oxidation sites excluding steroid dienone is 3. The third-order valence-electron chi connectivity index (χ3n) is 16.3. The molecule has 0 heterocycles. The number of alkyl halides is 2. The van der Waals surface area contributed by atoms with Gasteiger partial charge in [0.1, 0.15) is 6.10 Å². The minimum atomic E-state index is -0.0663. The van der Waals surface area contributed by atoms with Crippen LogP contribution in [0.3, 0.4) is 0 Å². The Kier molecular flexibility index (Phi) is 23.9. The summed E-state index contributed by atoms with van der Waals surface area (Å²) in [5.74, 6) is 5.86. The zero-order chi connectivity index (χ0) is 44.7. The van der Waals surface area contributed by atoms with E-state index in [0.29, 0.717) is 37.1 Å². The average molecular weight is 911 g/mol. The summed E-state index contributed by atoms with van der Waals surface area (Å²) >= 11 is 11.9. The lowest BCUT2D eigenvalue weighted by Gasteiger charge is -2.55. The van der Waals surface area contributed by atoms with Gasteiger partial charge in [0.05, 0.1) is 6.61 Å². The maximum absolute atomic E-state index is 12.9. The van der Waals surface area contributed by atoms with E-state index in [1.807, 2.05) is 0 Å². The summed E-state index contributed by atoms with van der Waals surface area (Å²) in [6.07, 6.45) is 40.1. The molecule has 8 atom stereocenters. The molecule has 356 valence electrons. The van der Waals surface area contributed by atoms with Gasteiger partial charge >= 0.3 is 11.9 Å². The van der Waals surface area contributed by atoms with E-state index in [9.17, 15) is 9.59 Å². The van der Waals surface area contributed by atoms with Gasteiger partial charge in [-0.3, -0.25) is 9.59 Å². The first kappa shape index (κ1) is 52.0. The number of benzene rings is 1. The van der Waals surface area contributed by atoms with Gasteiger partial charge in [0.2, 0.25) is 0 Å². The fraction of sp³-hybridized carbons (Fsp3) is 0.786. The third-order valence-corrected chi connectivity index (χ3v) is 16.6. The van der Waals surface area contributed by atoms with Crippen LogP contribution in [0.5, 0.6) is 0 Å². The molecular formula is C56H89Cl2NO4. The van der Waals surface area contributed by atoms with Crippen LogP contribution in [0.25, 0.3) is 0 Å². The summed E-state index contributed by atoms with van der Waals surface area (Å²) < 4.78 is 11.9. The Balaban J connectivity index is 0.915. The lowest BCUT2D eigenvalue weighted by molar-refractivity contribution is -0.151. The van der Waals surface area contributed by atoms with Crippen LogP contribution in [-0.4, -0.2) is 49.5 Å². The van der Waals surface area contributed by atoms with E-state index < -0.39 is 0 Å². The van der Waals surface area contributed by atoms with Crippen LogP contribution in [0.4, 0.5) is 5.69 Å². The number of aryl methyl sites for hydroxylation is 1. The minimum absolute atomic E-state index is 0.0290. The maximum Gasteiger partial charge on any atom is 0.306 e. The molecule has 0 N–H and O–H groups in total. The Hall–Kier alpha value is -1.98. The third kappa shape index (κ3) is 16.7. The molecule has 0 saturated heterocycles. The second kappa shape index (κ2) is 28.9. The molecule has 0 amide bonds. The first-order valence-corrected chi connectivity index (χ1v) is 27.5. The van der Waals surface area contributed by atoms with Gasteiger partial charge in [-0.05, 0) is 161 Å². The highest BCUT2D eigenvalue weighted by molar-refractivity contribution is 6.18. The van der Waals surface area contributed by atoms with Crippen LogP contribution in [0.1, 0.15) is 200 Å². The van der Waals surface area contributed by atoms with Crippen molar-refractivity contribution in [1.29, 1.82) is 0 Å². The number of nitrogens with zero attached hydrogens (tertiary/aromatic N) is 1.